The molecule has 3 rings (SSSR count). The molecule has 2 aliphatic heterocycles. The van der Waals surface area contributed by atoms with Crippen LogP contribution in [0.4, 0.5) is 0 Å². The number of carbonyl (C=O) groups is 2. The van der Waals surface area contributed by atoms with Gasteiger partial charge in [-0.1, -0.05) is 51.1 Å². The number of likely N-dealkylation sites (tertiary alicyclic amines) is 1. The zero-order valence-corrected chi connectivity index (χ0v) is 19.6. The van der Waals surface area contributed by atoms with Crippen molar-refractivity contribution in [1.29, 1.82) is 0 Å². The zero-order valence-electron chi connectivity index (χ0n) is 19.6. The Morgan fingerprint density at radius 2 is 1.55 bits per heavy atom. The van der Waals surface area contributed by atoms with Crippen LogP contribution in [0.25, 0.3) is 0 Å². The van der Waals surface area contributed by atoms with Gasteiger partial charge in [0.1, 0.15) is 0 Å². The molecule has 2 amide bonds. The quantitative estimate of drug-likeness (QED) is 0.691. The molecule has 2 fully saturated rings. The van der Waals surface area contributed by atoms with Gasteiger partial charge in [0.25, 0.3) is 0 Å². The average molecular weight is 429 g/mol. The lowest BCUT2D eigenvalue weighted by molar-refractivity contribution is -0.135. The summed E-state index contributed by atoms with van der Waals surface area (Å²) < 4.78 is 0. The summed E-state index contributed by atoms with van der Waals surface area (Å²) in [5, 5.41) is 3.12. The van der Waals surface area contributed by atoms with E-state index in [0.717, 1.165) is 45.7 Å². The van der Waals surface area contributed by atoms with E-state index in [1.807, 2.05) is 6.07 Å². The minimum Gasteiger partial charge on any atom is -0.354 e. The van der Waals surface area contributed by atoms with Crippen molar-refractivity contribution in [1.82, 2.24) is 20.0 Å². The zero-order chi connectivity index (χ0) is 22.2. The van der Waals surface area contributed by atoms with E-state index in [1.165, 1.54) is 12.0 Å². The first-order chi connectivity index (χ1) is 14.9. The summed E-state index contributed by atoms with van der Waals surface area (Å²) in [5.74, 6) is 1.90. The fourth-order valence-electron chi connectivity index (χ4n) is 4.98. The van der Waals surface area contributed by atoms with E-state index in [4.69, 9.17) is 0 Å². The summed E-state index contributed by atoms with van der Waals surface area (Å²) in [5.41, 5.74) is 1.28. The molecule has 2 saturated heterocycles. The first kappa shape index (κ1) is 23.7. The van der Waals surface area contributed by atoms with E-state index >= 15 is 0 Å². The molecule has 2 aliphatic rings. The number of nitrogens with zero attached hydrogens (tertiary/aromatic N) is 3. The number of rotatable bonds is 8. The van der Waals surface area contributed by atoms with E-state index < -0.39 is 0 Å². The molecule has 0 spiro atoms. The van der Waals surface area contributed by atoms with Gasteiger partial charge >= 0.3 is 0 Å². The standard InChI is InChI=1S/C25H40N4O2/c1-4-22(23-8-6-5-7-9-23)15-26-24(30)18-27-10-12-28(13-11-27)19-25(31)29-16-20(2)14-21(3)17-29/h5-9,20-22H,4,10-19H2,1-3H3,(H,26,30). The molecule has 1 aromatic rings. The van der Waals surface area contributed by atoms with Gasteiger partial charge < -0.3 is 10.2 Å². The Bertz CT molecular complexity index is 693. The Hall–Kier alpha value is -1.92. The van der Waals surface area contributed by atoms with Crippen LogP contribution in [0.3, 0.4) is 0 Å². The van der Waals surface area contributed by atoms with E-state index in [9.17, 15) is 9.59 Å². The van der Waals surface area contributed by atoms with Crippen molar-refractivity contribution >= 4 is 11.8 Å². The van der Waals surface area contributed by atoms with Crippen LogP contribution in [-0.2, 0) is 9.59 Å². The Balaban J connectivity index is 1.36. The number of amides is 2. The molecule has 172 valence electrons. The minimum absolute atomic E-state index is 0.0928. The molecule has 0 aliphatic carbocycles. The van der Waals surface area contributed by atoms with Crippen molar-refractivity contribution in [2.45, 2.75) is 39.5 Å². The van der Waals surface area contributed by atoms with Gasteiger partial charge in [0, 0.05) is 51.7 Å². The van der Waals surface area contributed by atoms with Gasteiger partial charge in [-0.3, -0.25) is 19.4 Å². The predicted molar refractivity (Wildman–Crippen MR) is 125 cm³/mol. The number of piperazine rings is 1. The van der Waals surface area contributed by atoms with Gasteiger partial charge in [0.15, 0.2) is 0 Å². The van der Waals surface area contributed by atoms with Gasteiger partial charge in [-0.15, -0.1) is 0 Å². The second-order valence-electron chi connectivity index (χ2n) is 9.62. The summed E-state index contributed by atoms with van der Waals surface area (Å²) in [7, 11) is 0. The lowest BCUT2D eigenvalue weighted by atomic mass is 9.92. The summed E-state index contributed by atoms with van der Waals surface area (Å²) in [4.78, 5) is 31.7. The monoisotopic (exact) mass is 428 g/mol. The maximum atomic E-state index is 12.7. The topological polar surface area (TPSA) is 55.9 Å². The lowest BCUT2D eigenvalue weighted by Crippen LogP contribution is -2.53. The van der Waals surface area contributed by atoms with Gasteiger partial charge in [0.05, 0.1) is 13.1 Å². The summed E-state index contributed by atoms with van der Waals surface area (Å²) in [6.45, 7) is 13.4. The number of benzene rings is 1. The van der Waals surface area contributed by atoms with Crippen molar-refractivity contribution in [3.8, 4) is 0 Å². The molecule has 6 nitrogen and oxygen atoms in total. The van der Waals surface area contributed by atoms with Crippen molar-refractivity contribution in [3.63, 3.8) is 0 Å². The molecule has 0 radical (unpaired) electrons. The molecule has 1 N–H and O–H groups in total. The molecular weight excluding hydrogens is 388 g/mol. The van der Waals surface area contributed by atoms with Gasteiger partial charge in [-0.25, -0.2) is 0 Å². The normalized spacial score (nSPS) is 24.0. The third-order valence-electron chi connectivity index (χ3n) is 6.72. The summed E-state index contributed by atoms with van der Waals surface area (Å²) in [6.07, 6.45) is 2.22. The van der Waals surface area contributed by atoms with Crippen molar-refractivity contribution in [2.24, 2.45) is 11.8 Å². The number of hydrogen-bond donors (Lipinski definition) is 1. The van der Waals surface area contributed by atoms with Crippen LogP contribution in [0.2, 0.25) is 0 Å². The Labute approximate surface area is 188 Å². The predicted octanol–water partition coefficient (Wildman–Crippen LogP) is 2.42. The Morgan fingerprint density at radius 1 is 0.968 bits per heavy atom. The molecule has 0 bridgehead atoms. The van der Waals surface area contributed by atoms with Crippen LogP contribution < -0.4 is 5.32 Å². The molecule has 1 aromatic carbocycles. The third kappa shape index (κ3) is 7.32. The number of carbonyl (C=O) groups excluding carboxylic acids is 2. The Morgan fingerprint density at radius 3 is 2.13 bits per heavy atom. The molecule has 0 aromatic heterocycles. The first-order valence-electron chi connectivity index (χ1n) is 12.0. The SMILES string of the molecule is CCC(CNC(=O)CN1CCN(CC(=O)N2CC(C)CC(C)C2)CC1)c1ccccc1. The lowest BCUT2D eigenvalue weighted by Gasteiger charge is -2.38. The van der Waals surface area contributed by atoms with Gasteiger partial charge in [-0.2, -0.15) is 0 Å². The average Bonchev–Trinajstić information content (AvgIpc) is 2.75. The summed E-state index contributed by atoms with van der Waals surface area (Å²) in [6, 6.07) is 10.4. The van der Waals surface area contributed by atoms with Gasteiger partial charge in [0.2, 0.25) is 11.8 Å². The van der Waals surface area contributed by atoms with E-state index in [0.29, 0.717) is 37.4 Å². The van der Waals surface area contributed by atoms with E-state index in [2.05, 4.69) is 65.1 Å². The summed E-state index contributed by atoms with van der Waals surface area (Å²) >= 11 is 0. The molecule has 0 saturated carbocycles. The van der Waals surface area contributed by atoms with E-state index in [1.54, 1.807) is 0 Å². The fourth-order valence-corrected chi connectivity index (χ4v) is 4.98. The first-order valence-corrected chi connectivity index (χ1v) is 12.0. The highest BCUT2D eigenvalue weighted by Gasteiger charge is 2.27. The second kappa shape index (κ2) is 11.6. The van der Waals surface area contributed by atoms with Crippen LogP contribution in [0.1, 0.15) is 45.1 Å². The van der Waals surface area contributed by atoms with Crippen molar-refractivity contribution in [2.75, 3.05) is 58.9 Å². The largest absolute Gasteiger partial charge is 0.354 e. The molecule has 3 unspecified atom stereocenters. The number of piperidine rings is 1. The molecule has 6 heteroatoms. The van der Waals surface area contributed by atoms with E-state index in [-0.39, 0.29) is 11.8 Å². The van der Waals surface area contributed by atoms with Crippen LogP contribution in [0, 0.1) is 11.8 Å². The maximum Gasteiger partial charge on any atom is 0.236 e. The van der Waals surface area contributed by atoms with Crippen LogP contribution in [0.15, 0.2) is 30.3 Å². The highest BCUT2D eigenvalue weighted by atomic mass is 16.2. The molecule has 2 heterocycles. The van der Waals surface area contributed by atoms with Gasteiger partial charge in [-0.05, 0) is 30.2 Å². The van der Waals surface area contributed by atoms with Crippen LogP contribution in [0.5, 0.6) is 0 Å². The number of nitrogens with one attached hydrogen (secondary N) is 1. The van der Waals surface area contributed by atoms with Crippen molar-refractivity contribution < 1.29 is 9.59 Å². The third-order valence-corrected chi connectivity index (χ3v) is 6.72. The fraction of sp³-hybridized carbons (Fsp3) is 0.680. The Kier molecular flexibility index (Phi) is 8.90. The van der Waals surface area contributed by atoms with Crippen LogP contribution in [-0.4, -0.2) is 85.4 Å². The highest BCUT2D eigenvalue weighted by Crippen LogP contribution is 2.21. The smallest absolute Gasteiger partial charge is 0.236 e. The highest BCUT2D eigenvalue weighted by molar-refractivity contribution is 5.79. The molecule has 3 atom stereocenters. The number of hydrogen-bond acceptors (Lipinski definition) is 4. The van der Waals surface area contributed by atoms with Crippen LogP contribution >= 0.6 is 0 Å². The minimum atomic E-state index is 0.0928. The molecule has 31 heavy (non-hydrogen) atoms. The van der Waals surface area contributed by atoms with Crippen molar-refractivity contribution in [3.05, 3.63) is 35.9 Å². The molecular formula is C25H40N4O2. The maximum absolute atomic E-state index is 12.7. The second-order valence-corrected chi connectivity index (χ2v) is 9.62.